The van der Waals surface area contributed by atoms with Gasteiger partial charge in [-0.2, -0.15) is 0 Å². The second-order valence-electron chi connectivity index (χ2n) is 5.82. The number of anilines is 1. The van der Waals surface area contributed by atoms with Crippen LogP contribution in [0.1, 0.15) is 31.1 Å². The first-order chi connectivity index (χ1) is 11.1. The number of benzene rings is 1. The van der Waals surface area contributed by atoms with Gasteiger partial charge in [-0.25, -0.2) is 4.98 Å². The van der Waals surface area contributed by atoms with Crippen molar-refractivity contribution in [2.45, 2.75) is 32.7 Å². The summed E-state index contributed by atoms with van der Waals surface area (Å²) in [6.45, 7) is 4.72. The summed E-state index contributed by atoms with van der Waals surface area (Å²) in [6.07, 6.45) is 3.87. The van der Waals surface area contributed by atoms with E-state index >= 15 is 0 Å². The van der Waals surface area contributed by atoms with E-state index in [2.05, 4.69) is 43.3 Å². The third-order valence-corrected chi connectivity index (χ3v) is 5.40. The largest absolute Gasteiger partial charge is 0.302 e. The van der Waals surface area contributed by atoms with Crippen LogP contribution in [-0.4, -0.2) is 28.9 Å². The highest BCUT2D eigenvalue weighted by Gasteiger charge is 2.18. The Labute approximate surface area is 149 Å². The van der Waals surface area contributed by atoms with E-state index in [4.69, 9.17) is 0 Å². The second kappa shape index (κ2) is 7.55. The van der Waals surface area contributed by atoms with Crippen molar-refractivity contribution in [3.8, 4) is 11.3 Å². The van der Waals surface area contributed by atoms with Crippen LogP contribution in [0.5, 0.6) is 0 Å². The Morgan fingerprint density at radius 2 is 1.96 bits per heavy atom. The summed E-state index contributed by atoms with van der Waals surface area (Å²) in [4.78, 5) is 19.7. The normalized spacial score (nSPS) is 15.6. The van der Waals surface area contributed by atoms with Crippen LogP contribution in [0, 0.1) is 0 Å². The fourth-order valence-electron chi connectivity index (χ4n) is 2.82. The maximum Gasteiger partial charge on any atom is 0.223 e. The minimum atomic E-state index is -0.0781. The Morgan fingerprint density at radius 1 is 1.26 bits per heavy atom. The number of likely N-dealkylation sites (tertiary alicyclic amines) is 1. The second-order valence-corrected chi connectivity index (χ2v) is 7.81. The minimum absolute atomic E-state index is 0.0781. The topological polar surface area (TPSA) is 45.2 Å². The van der Waals surface area contributed by atoms with Crippen LogP contribution in [0.25, 0.3) is 11.3 Å². The molecule has 1 aromatic heterocycles. The number of piperidine rings is 1. The predicted octanol–water partition coefficient (Wildman–Crippen LogP) is 4.52. The lowest BCUT2D eigenvalue weighted by atomic mass is 10.1. The molecular weight excluding hydrogens is 374 g/mol. The van der Waals surface area contributed by atoms with Crippen molar-refractivity contribution in [1.82, 2.24) is 9.88 Å². The van der Waals surface area contributed by atoms with Crippen molar-refractivity contribution in [2.24, 2.45) is 0 Å². The Bertz CT molecular complexity index is 678. The molecule has 0 atom stereocenters. The number of hydrogen-bond acceptors (Lipinski definition) is 4. The number of nitrogens with one attached hydrogen (secondary N) is 1. The molecular formula is C17H20BrN3OS. The number of halogens is 1. The van der Waals surface area contributed by atoms with Crippen molar-refractivity contribution >= 4 is 38.3 Å². The van der Waals surface area contributed by atoms with Gasteiger partial charge in [-0.05, 0) is 38.1 Å². The highest BCUT2D eigenvalue weighted by molar-refractivity contribution is 9.10. The van der Waals surface area contributed by atoms with Gasteiger partial charge in [0.15, 0.2) is 5.13 Å². The fourth-order valence-corrected chi connectivity index (χ4v) is 4.15. The molecule has 122 valence electrons. The predicted molar refractivity (Wildman–Crippen MR) is 98.7 cm³/mol. The summed E-state index contributed by atoms with van der Waals surface area (Å²) in [5.74, 6) is -0.0781. The highest BCUT2D eigenvalue weighted by Crippen LogP contribution is 2.33. The van der Waals surface area contributed by atoms with Crippen LogP contribution in [0.15, 0.2) is 28.7 Å². The van der Waals surface area contributed by atoms with Crippen molar-refractivity contribution in [3.63, 3.8) is 0 Å². The van der Waals surface area contributed by atoms with Crippen molar-refractivity contribution in [3.05, 3.63) is 33.6 Å². The van der Waals surface area contributed by atoms with Gasteiger partial charge in [0.25, 0.3) is 0 Å². The zero-order chi connectivity index (χ0) is 16.2. The number of nitrogens with zero attached hydrogens (tertiary/aromatic N) is 2. The quantitative estimate of drug-likeness (QED) is 0.830. The Morgan fingerprint density at radius 3 is 2.61 bits per heavy atom. The lowest BCUT2D eigenvalue weighted by molar-refractivity contribution is -0.114. The van der Waals surface area contributed by atoms with Gasteiger partial charge in [-0.3, -0.25) is 9.69 Å². The number of carbonyl (C=O) groups excluding carboxylic acids is 1. The summed E-state index contributed by atoms with van der Waals surface area (Å²) < 4.78 is 1.05. The molecule has 0 saturated carbocycles. The molecule has 4 nitrogen and oxygen atoms in total. The van der Waals surface area contributed by atoms with Gasteiger partial charge >= 0.3 is 0 Å². The molecule has 0 radical (unpaired) electrons. The van der Waals surface area contributed by atoms with Crippen LogP contribution in [0.4, 0.5) is 5.13 Å². The third-order valence-electron chi connectivity index (χ3n) is 3.91. The zero-order valence-corrected chi connectivity index (χ0v) is 15.5. The van der Waals surface area contributed by atoms with Crippen molar-refractivity contribution in [2.75, 3.05) is 18.4 Å². The molecule has 2 heterocycles. The first-order valence-electron chi connectivity index (χ1n) is 7.87. The molecule has 0 aliphatic carbocycles. The number of thiazole rings is 1. The van der Waals surface area contributed by atoms with Crippen LogP contribution < -0.4 is 5.32 Å². The van der Waals surface area contributed by atoms with Crippen LogP contribution in [0.3, 0.4) is 0 Å². The summed E-state index contributed by atoms with van der Waals surface area (Å²) >= 11 is 5.06. The van der Waals surface area contributed by atoms with E-state index in [1.165, 1.54) is 31.1 Å². The van der Waals surface area contributed by atoms with Gasteiger partial charge < -0.3 is 5.32 Å². The van der Waals surface area contributed by atoms with E-state index in [9.17, 15) is 4.79 Å². The molecule has 1 N–H and O–H groups in total. The SMILES string of the molecule is CC(=O)Nc1nc(-c2ccc(Br)cc2)c(CN2CCCCC2)s1. The van der Waals surface area contributed by atoms with E-state index in [1.807, 2.05) is 12.1 Å². The summed E-state index contributed by atoms with van der Waals surface area (Å²) in [6, 6.07) is 8.18. The van der Waals surface area contributed by atoms with Crippen LogP contribution in [0.2, 0.25) is 0 Å². The molecule has 0 spiro atoms. The maximum atomic E-state index is 11.3. The van der Waals surface area contributed by atoms with E-state index in [1.54, 1.807) is 11.3 Å². The number of hydrogen-bond donors (Lipinski definition) is 1. The summed E-state index contributed by atoms with van der Waals surface area (Å²) in [5, 5.41) is 3.51. The summed E-state index contributed by atoms with van der Waals surface area (Å²) in [7, 11) is 0. The number of rotatable bonds is 4. The number of amides is 1. The lowest BCUT2D eigenvalue weighted by Gasteiger charge is -2.26. The Kier molecular flexibility index (Phi) is 5.46. The van der Waals surface area contributed by atoms with Gasteiger partial charge in [0, 0.05) is 28.4 Å². The van der Waals surface area contributed by atoms with Gasteiger partial charge in [0.1, 0.15) is 0 Å². The molecule has 6 heteroatoms. The van der Waals surface area contributed by atoms with Crippen molar-refractivity contribution in [1.29, 1.82) is 0 Å². The lowest BCUT2D eigenvalue weighted by Crippen LogP contribution is -2.28. The molecule has 1 amide bonds. The van der Waals surface area contributed by atoms with E-state index in [-0.39, 0.29) is 5.91 Å². The molecule has 1 aromatic carbocycles. The molecule has 1 saturated heterocycles. The summed E-state index contributed by atoms with van der Waals surface area (Å²) in [5.41, 5.74) is 2.07. The standard InChI is InChI=1S/C17H20BrN3OS/c1-12(22)19-17-20-16(13-5-7-14(18)8-6-13)15(23-17)11-21-9-3-2-4-10-21/h5-8H,2-4,9-11H2,1H3,(H,19,20,22). The first kappa shape index (κ1) is 16.6. The van der Waals surface area contributed by atoms with E-state index in [0.717, 1.165) is 35.4 Å². The maximum absolute atomic E-state index is 11.3. The molecule has 1 aliphatic heterocycles. The minimum Gasteiger partial charge on any atom is -0.302 e. The van der Waals surface area contributed by atoms with E-state index < -0.39 is 0 Å². The fraction of sp³-hybridized carbons (Fsp3) is 0.412. The van der Waals surface area contributed by atoms with Crippen LogP contribution >= 0.6 is 27.3 Å². The van der Waals surface area contributed by atoms with Gasteiger partial charge in [-0.1, -0.05) is 45.8 Å². The highest BCUT2D eigenvalue weighted by atomic mass is 79.9. The smallest absolute Gasteiger partial charge is 0.223 e. The molecule has 0 unspecified atom stereocenters. The molecule has 1 fully saturated rings. The van der Waals surface area contributed by atoms with E-state index in [0.29, 0.717) is 5.13 Å². The molecule has 23 heavy (non-hydrogen) atoms. The average Bonchev–Trinajstić information content (AvgIpc) is 2.90. The molecule has 3 rings (SSSR count). The van der Waals surface area contributed by atoms with Crippen LogP contribution in [-0.2, 0) is 11.3 Å². The molecule has 1 aliphatic rings. The van der Waals surface area contributed by atoms with Crippen molar-refractivity contribution < 1.29 is 4.79 Å². The monoisotopic (exact) mass is 393 g/mol. The first-order valence-corrected chi connectivity index (χ1v) is 9.48. The van der Waals surface area contributed by atoms with Gasteiger partial charge in [0.05, 0.1) is 5.69 Å². The Balaban J connectivity index is 1.89. The Hall–Kier alpha value is -1.24. The van der Waals surface area contributed by atoms with Gasteiger partial charge in [0.2, 0.25) is 5.91 Å². The van der Waals surface area contributed by atoms with Gasteiger partial charge in [-0.15, -0.1) is 0 Å². The molecule has 0 bridgehead atoms. The number of aromatic nitrogens is 1. The number of carbonyl (C=O) groups is 1. The average molecular weight is 394 g/mol. The molecule has 2 aromatic rings. The third kappa shape index (κ3) is 4.40. The zero-order valence-electron chi connectivity index (χ0n) is 13.1.